The molecular formula is C18H17FN2O2S. The van der Waals surface area contributed by atoms with E-state index in [4.69, 9.17) is 0 Å². The van der Waals surface area contributed by atoms with E-state index in [9.17, 15) is 12.8 Å². The number of pyridine rings is 1. The summed E-state index contributed by atoms with van der Waals surface area (Å²) in [4.78, 5) is 4.28. The third-order valence-corrected chi connectivity index (χ3v) is 5.12. The Morgan fingerprint density at radius 2 is 1.75 bits per heavy atom. The average molecular weight is 344 g/mol. The lowest BCUT2D eigenvalue weighted by molar-refractivity contribution is 0.485. The molecule has 1 N–H and O–H groups in total. The zero-order chi connectivity index (χ0) is 17.2. The second-order valence-electron chi connectivity index (χ2n) is 5.43. The summed E-state index contributed by atoms with van der Waals surface area (Å²) in [5.74, 6) is 0.00119. The summed E-state index contributed by atoms with van der Waals surface area (Å²) in [5.41, 5.74) is 3.68. The summed E-state index contributed by atoms with van der Waals surface area (Å²) in [5, 5.41) is 0.724. The Morgan fingerprint density at radius 1 is 1.04 bits per heavy atom. The summed E-state index contributed by atoms with van der Waals surface area (Å²) in [6, 6.07) is 14.5. The Hall–Kier alpha value is -2.47. The van der Waals surface area contributed by atoms with Gasteiger partial charge in [-0.05, 0) is 41.8 Å². The van der Waals surface area contributed by atoms with Crippen molar-refractivity contribution in [1.82, 2.24) is 4.98 Å². The van der Waals surface area contributed by atoms with Gasteiger partial charge >= 0.3 is 0 Å². The lowest BCUT2D eigenvalue weighted by Gasteiger charge is -2.10. The van der Waals surface area contributed by atoms with E-state index in [1.165, 1.54) is 0 Å². The molecule has 0 aliphatic carbocycles. The van der Waals surface area contributed by atoms with Crippen LogP contribution in [0.1, 0.15) is 12.5 Å². The Kier molecular flexibility index (Phi) is 4.49. The molecule has 24 heavy (non-hydrogen) atoms. The zero-order valence-corrected chi connectivity index (χ0v) is 14.0. The molecule has 1 aromatic heterocycles. The van der Waals surface area contributed by atoms with Crippen LogP contribution < -0.4 is 4.72 Å². The molecule has 124 valence electrons. The SMILES string of the molecule is CCS(=O)(=O)Nc1ccnc2ccc(-c3ccc(CF)cc3)cc12. The van der Waals surface area contributed by atoms with Crippen LogP contribution in [-0.2, 0) is 16.7 Å². The highest BCUT2D eigenvalue weighted by atomic mass is 32.2. The number of benzene rings is 2. The summed E-state index contributed by atoms with van der Waals surface area (Å²) in [7, 11) is -3.37. The Balaban J connectivity index is 2.08. The number of nitrogens with zero attached hydrogens (tertiary/aromatic N) is 1. The van der Waals surface area contributed by atoms with E-state index in [0.717, 1.165) is 16.5 Å². The molecule has 3 aromatic rings. The van der Waals surface area contributed by atoms with Crippen molar-refractivity contribution in [2.24, 2.45) is 0 Å². The van der Waals surface area contributed by atoms with E-state index in [-0.39, 0.29) is 5.75 Å². The molecule has 4 nitrogen and oxygen atoms in total. The van der Waals surface area contributed by atoms with Crippen molar-refractivity contribution >= 4 is 26.6 Å². The van der Waals surface area contributed by atoms with Crippen molar-refractivity contribution in [3.05, 3.63) is 60.3 Å². The van der Waals surface area contributed by atoms with Crippen LogP contribution in [0.3, 0.4) is 0 Å². The van der Waals surface area contributed by atoms with Gasteiger partial charge in [-0.15, -0.1) is 0 Å². The van der Waals surface area contributed by atoms with E-state index < -0.39 is 16.7 Å². The molecule has 6 heteroatoms. The summed E-state index contributed by atoms with van der Waals surface area (Å²) in [6.07, 6.45) is 1.57. The molecule has 3 rings (SSSR count). The van der Waals surface area contributed by atoms with E-state index in [2.05, 4.69) is 9.71 Å². The van der Waals surface area contributed by atoms with Crippen molar-refractivity contribution in [3.63, 3.8) is 0 Å². The minimum absolute atomic E-state index is 0.00119. The van der Waals surface area contributed by atoms with Crippen molar-refractivity contribution in [2.45, 2.75) is 13.6 Å². The third kappa shape index (κ3) is 3.38. The van der Waals surface area contributed by atoms with E-state index in [1.807, 2.05) is 30.3 Å². The topological polar surface area (TPSA) is 59.1 Å². The number of sulfonamides is 1. The quantitative estimate of drug-likeness (QED) is 0.757. The number of rotatable bonds is 5. The zero-order valence-electron chi connectivity index (χ0n) is 13.2. The molecule has 0 saturated carbocycles. The average Bonchev–Trinajstić information content (AvgIpc) is 2.61. The number of hydrogen-bond acceptors (Lipinski definition) is 3. The van der Waals surface area contributed by atoms with Crippen LogP contribution in [0, 0.1) is 0 Å². The minimum Gasteiger partial charge on any atom is -0.283 e. The number of alkyl halides is 1. The van der Waals surface area contributed by atoms with Crippen LogP contribution >= 0.6 is 0 Å². The lowest BCUT2D eigenvalue weighted by Crippen LogP contribution is -2.14. The van der Waals surface area contributed by atoms with Crippen molar-refractivity contribution in [1.29, 1.82) is 0 Å². The smallest absolute Gasteiger partial charge is 0.232 e. The van der Waals surface area contributed by atoms with E-state index in [0.29, 0.717) is 16.8 Å². The lowest BCUT2D eigenvalue weighted by atomic mass is 10.0. The van der Waals surface area contributed by atoms with Crippen molar-refractivity contribution in [2.75, 3.05) is 10.5 Å². The Bertz CT molecular complexity index is 970. The number of halogens is 1. The Labute approximate surface area is 140 Å². The molecule has 0 atom stereocenters. The van der Waals surface area contributed by atoms with Gasteiger partial charge in [0.25, 0.3) is 0 Å². The number of nitrogens with one attached hydrogen (secondary N) is 1. The van der Waals surface area contributed by atoms with Gasteiger partial charge in [-0.2, -0.15) is 0 Å². The van der Waals surface area contributed by atoms with Gasteiger partial charge in [-0.3, -0.25) is 9.71 Å². The van der Waals surface area contributed by atoms with Gasteiger partial charge in [-0.25, -0.2) is 12.8 Å². The second-order valence-corrected chi connectivity index (χ2v) is 7.44. The standard InChI is InChI=1S/C18H17FN2O2S/c1-2-24(22,23)21-18-9-10-20-17-8-7-15(11-16(17)18)14-5-3-13(12-19)4-6-14/h3-11H,2,12H2,1H3,(H,20,21). The molecule has 0 unspecified atom stereocenters. The highest BCUT2D eigenvalue weighted by Gasteiger charge is 2.11. The normalized spacial score (nSPS) is 11.6. The summed E-state index contributed by atoms with van der Waals surface area (Å²) >= 11 is 0. The first-order valence-electron chi connectivity index (χ1n) is 7.57. The van der Waals surface area contributed by atoms with Gasteiger partial charge in [0, 0.05) is 11.6 Å². The first-order chi connectivity index (χ1) is 11.5. The van der Waals surface area contributed by atoms with Crippen molar-refractivity contribution < 1.29 is 12.8 Å². The monoisotopic (exact) mass is 344 g/mol. The molecular weight excluding hydrogens is 327 g/mol. The molecule has 0 radical (unpaired) electrons. The van der Waals surface area contributed by atoms with Gasteiger partial charge in [-0.1, -0.05) is 30.3 Å². The van der Waals surface area contributed by atoms with Gasteiger partial charge in [0.1, 0.15) is 6.67 Å². The predicted molar refractivity (Wildman–Crippen MR) is 95.1 cm³/mol. The molecule has 2 aromatic carbocycles. The van der Waals surface area contributed by atoms with Gasteiger partial charge in [0.2, 0.25) is 10.0 Å². The Morgan fingerprint density at radius 3 is 2.42 bits per heavy atom. The molecule has 0 amide bonds. The number of hydrogen-bond donors (Lipinski definition) is 1. The molecule has 0 fully saturated rings. The fourth-order valence-electron chi connectivity index (χ4n) is 2.44. The molecule has 0 aliphatic rings. The maximum atomic E-state index is 12.6. The minimum atomic E-state index is -3.37. The maximum Gasteiger partial charge on any atom is 0.232 e. The second kappa shape index (κ2) is 6.57. The number of aromatic nitrogens is 1. The van der Waals surface area contributed by atoms with Crippen LogP contribution in [-0.4, -0.2) is 19.2 Å². The van der Waals surface area contributed by atoms with E-state index in [1.54, 1.807) is 31.3 Å². The number of anilines is 1. The first-order valence-corrected chi connectivity index (χ1v) is 9.22. The largest absolute Gasteiger partial charge is 0.283 e. The van der Waals surface area contributed by atoms with Crippen LogP contribution in [0.15, 0.2) is 54.7 Å². The highest BCUT2D eigenvalue weighted by Crippen LogP contribution is 2.28. The van der Waals surface area contributed by atoms with Crippen molar-refractivity contribution in [3.8, 4) is 11.1 Å². The van der Waals surface area contributed by atoms with E-state index >= 15 is 0 Å². The first kappa shape index (κ1) is 16.4. The summed E-state index contributed by atoms with van der Waals surface area (Å²) < 4.78 is 39.0. The number of fused-ring (bicyclic) bond motifs is 1. The summed E-state index contributed by atoms with van der Waals surface area (Å²) in [6.45, 7) is 1.09. The molecule has 1 heterocycles. The van der Waals surface area contributed by atoms with Crippen LogP contribution in [0.5, 0.6) is 0 Å². The fourth-order valence-corrected chi connectivity index (χ4v) is 3.10. The van der Waals surface area contributed by atoms with Gasteiger partial charge in [0.15, 0.2) is 0 Å². The predicted octanol–water partition coefficient (Wildman–Crippen LogP) is 4.13. The molecule has 0 bridgehead atoms. The maximum absolute atomic E-state index is 12.6. The fraction of sp³-hybridized carbons (Fsp3) is 0.167. The molecule has 0 saturated heterocycles. The van der Waals surface area contributed by atoms with Crippen LogP contribution in [0.2, 0.25) is 0 Å². The van der Waals surface area contributed by atoms with Gasteiger partial charge in [0.05, 0.1) is 17.0 Å². The molecule has 0 spiro atoms. The third-order valence-electron chi connectivity index (χ3n) is 3.83. The van der Waals surface area contributed by atoms with Crippen LogP contribution in [0.25, 0.3) is 22.0 Å². The molecule has 0 aliphatic heterocycles. The highest BCUT2D eigenvalue weighted by molar-refractivity contribution is 7.92. The van der Waals surface area contributed by atoms with Gasteiger partial charge < -0.3 is 0 Å². The van der Waals surface area contributed by atoms with Crippen LogP contribution in [0.4, 0.5) is 10.1 Å².